The highest BCUT2D eigenvalue weighted by Crippen LogP contribution is 1.95. The molecule has 0 heterocycles. The van der Waals surface area contributed by atoms with Crippen LogP contribution in [0.5, 0.6) is 0 Å². The van der Waals surface area contributed by atoms with Crippen molar-refractivity contribution in [3.63, 3.8) is 0 Å². The molecule has 6 nitrogen and oxygen atoms in total. The molecule has 0 fully saturated rings. The summed E-state index contributed by atoms with van der Waals surface area (Å²) in [7, 11) is 19.3. The summed E-state index contributed by atoms with van der Waals surface area (Å²) in [5.74, 6) is 1.20. The maximum Gasteiger partial charge on any atom is 0.221 e. The standard InChI is InChI=1S/C6H14N2.C5H11NO.2C5H11N/c1-6(7(2)3)8(4)5;1-4-5(7)6(2)3;2*1-5(2)6(3)4/h1H2,2-5H3;4H2,1-3H3;2*1H2,2-4H3. The van der Waals surface area contributed by atoms with E-state index in [1.807, 2.05) is 96.8 Å². The Bertz CT molecular complexity index is 396. The largest absolute Gasteiger partial charge is 0.382 e. The van der Waals surface area contributed by atoms with Crippen molar-refractivity contribution in [1.82, 2.24) is 24.5 Å². The molecule has 0 saturated carbocycles. The second kappa shape index (κ2) is 18.7. The lowest BCUT2D eigenvalue weighted by Gasteiger charge is -2.22. The van der Waals surface area contributed by atoms with E-state index in [0.717, 1.165) is 17.2 Å². The fourth-order valence-electron chi connectivity index (χ4n) is 0.716. The van der Waals surface area contributed by atoms with Crippen LogP contribution >= 0.6 is 0 Å². The third kappa shape index (κ3) is 28.9. The van der Waals surface area contributed by atoms with Crippen LogP contribution in [0.1, 0.15) is 27.2 Å². The van der Waals surface area contributed by atoms with Gasteiger partial charge in [0.15, 0.2) is 0 Å². The number of hydrogen-bond donors (Lipinski definition) is 0. The Balaban J connectivity index is -0.000000132. The molecule has 0 aromatic heterocycles. The van der Waals surface area contributed by atoms with E-state index in [-0.39, 0.29) is 5.91 Å². The molecule has 162 valence electrons. The Hall–Kier alpha value is -2.11. The fraction of sp³-hybridized carbons (Fsp3) is 0.667. The molecule has 0 saturated heterocycles. The van der Waals surface area contributed by atoms with Gasteiger partial charge >= 0.3 is 0 Å². The van der Waals surface area contributed by atoms with Crippen LogP contribution in [0, 0.1) is 0 Å². The van der Waals surface area contributed by atoms with Crippen LogP contribution < -0.4 is 0 Å². The van der Waals surface area contributed by atoms with Crippen LogP contribution in [0.3, 0.4) is 0 Å². The Morgan fingerprint density at radius 3 is 0.815 bits per heavy atom. The van der Waals surface area contributed by atoms with Gasteiger partial charge in [-0.2, -0.15) is 0 Å². The monoisotopic (exact) mass is 385 g/mol. The molecular weight excluding hydrogens is 338 g/mol. The minimum absolute atomic E-state index is 0.181. The quantitative estimate of drug-likeness (QED) is 0.726. The van der Waals surface area contributed by atoms with Crippen molar-refractivity contribution in [2.24, 2.45) is 0 Å². The summed E-state index contributed by atoms with van der Waals surface area (Å²) in [6.07, 6.45) is 0.604. The lowest BCUT2D eigenvalue weighted by atomic mass is 10.4. The van der Waals surface area contributed by atoms with Gasteiger partial charge in [0.25, 0.3) is 0 Å². The van der Waals surface area contributed by atoms with E-state index in [2.05, 4.69) is 19.7 Å². The number of carbonyl (C=O) groups excluding carboxylic acids is 1. The third-order valence-electron chi connectivity index (χ3n) is 3.36. The average molecular weight is 386 g/mol. The van der Waals surface area contributed by atoms with Crippen molar-refractivity contribution in [2.45, 2.75) is 27.2 Å². The number of carbonyl (C=O) groups is 1. The molecule has 1 amide bonds. The molecule has 0 N–H and O–H groups in total. The van der Waals surface area contributed by atoms with E-state index in [1.165, 1.54) is 0 Å². The molecule has 0 aliphatic rings. The topological polar surface area (TPSA) is 33.3 Å². The predicted octanol–water partition coefficient (Wildman–Crippen LogP) is 3.23. The van der Waals surface area contributed by atoms with E-state index in [0.29, 0.717) is 6.42 Å². The molecule has 0 rings (SSSR count). The highest BCUT2D eigenvalue weighted by molar-refractivity contribution is 5.75. The summed E-state index contributed by atoms with van der Waals surface area (Å²) < 4.78 is 0. The molecule has 0 radical (unpaired) electrons. The van der Waals surface area contributed by atoms with Crippen LogP contribution in [-0.4, -0.2) is 101 Å². The van der Waals surface area contributed by atoms with Gasteiger partial charge in [-0.05, 0) is 13.8 Å². The van der Waals surface area contributed by atoms with Crippen LogP contribution in [-0.2, 0) is 4.79 Å². The Morgan fingerprint density at radius 1 is 0.593 bits per heavy atom. The second-order valence-electron chi connectivity index (χ2n) is 7.11. The van der Waals surface area contributed by atoms with Crippen molar-refractivity contribution < 1.29 is 4.79 Å². The van der Waals surface area contributed by atoms with Crippen LogP contribution in [0.2, 0.25) is 0 Å². The first kappa shape index (κ1) is 32.6. The molecule has 0 aromatic rings. The minimum atomic E-state index is 0.181. The van der Waals surface area contributed by atoms with E-state index < -0.39 is 0 Å². The summed E-state index contributed by atoms with van der Waals surface area (Å²) in [4.78, 5) is 19.9. The number of nitrogens with zero attached hydrogens (tertiary/aromatic N) is 5. The van der Waals surface area contributed by atoms with Gasteiger partial charge in [0.2, 0.25) is 5.91 Å². The van der Waals surface area contributed by atoms with Gasteiger partial charge in [0, 0.05) is 88.3 Å². The molecule has 0 aromatic carbocycles. The summed E-state index contributed by atoms with van der Waals surface area (Å²) in [6.45, 7) is 17.0. The first-order valence-electron chi connectivity index (χ1n) is 8.92. The number of hydrogen-bond acceptors (Lipinski definition) is 5. The zero-order valence-electron chi connectivity index (χ0n) is 20.5. The van der Waals surface area contributed by atoms with Gasteiger partial charge < -0.3 is 24.5 Å². The van der Waals surface area contributed by atoms with Crippen molar-refractivity contribution in [3.8, 4) is 0 Å². The van der Waals surface area contributed by atoms with Gasteiger partial charge in [0.05, 0.1) is 5.82 Å². The molecular formula is C21H47N5O. The van der Waals surface area contributed by atoms with Gasteiger partial charge in [0.1, 0.15) is 0 Å². The lowest BCUT2D eigenvalue weighted by molar-refractivity contribution is -0.128. The molecule has 0 atom stereocenters. The number of allylic oxidation sites excluding steroid dienone is 2. The maximum atomic E-state index is 10.4. The number of rotatable bonds is 5. The van der Waals surface area contributed by atoms with E-state index in [9.17, 15) is 4.79 Å². The van der Waals surface area contributed by atoms with Crippen molar-refractivity contribution in [3.05, 3.63) is 37.0 Å². The minimum Gasteiger partial charge on any atom is -0.382 e. The molecule has 0 aliphatic heterocycles. The zero-order valence-corrected chi connectivity index (χ0v) is 20.5. The smallest absolute Gasteiger partial charge is 0.221 e. The van der Waals surface area contributed by atoms with Crippen LogP contribution in [0.4, 0.5) is 0 Å². The van der Waals surface area contributed by atoms with E-state index >= 15 is 0 Å². The zero-order chi connectivity index (χ0) is 22.9. The van der Waals surface area contributed by atoms with Crippen molar-refractivity contribution in [1.29, 1.82) is 0 Å². The highest BCUT2D eigenvalue weighted by Gasteiger charge is 1.95. The predicted molar refractivity (Wildman–Crippen MR) is 123 cm³/mol. The van der Waals surface area contributed by atoms with E-state index in [4.69, 9.17) is 0 Å². The normalized spacial score (nSPS) is 8.19. The average Bonchev–Trinajstić information content (AvgIpc) is 2.54. The first-order chi connectivity index (χ1) is 12.0. The molecule has 0 bridgehead atoms. The number of amides is 1. The molecule has 0 spiro atoms. The summed E-state index contributed by atoms with van der Waals surface area (Å²) in [6, 6.07) is 0. The van der Waals surface area contributed by atoms with Crippen LogP contribution in [0.25, 0.3) is 0 Å². The van der Waals surface area contributed by atoms with Gasteiger partial charge in [-0.25, -0.2) is 0 Å². The van der Waals surface area contributed by atoms with Crippen molar-refractivity contribution >= 4 is 5.91 Å². The second-order valence-corrected chi connectivity index (χ2v) is 7.11. The summed E-state index contributed by atoms with van der Waals surface area (Å²) >= 11 is 0. The molecule has 6 heteroatoms. The summed E-state index contributed by atoms with van der Waals surface area (Å²) in [5, 5.41) is 0. The third-order valence-corrected chi connectivity index (χ3v) is 3.36. The molecule has 27 heavy (non-hydrogen) atoms. The van der Waals surface area contributed by atoms with Gasteiger partial charge in [-0.3, -0.25) is 4.79 Å². The van der Waals surface area contributed by atoms with Crippen molar-refractivity contribution in [2.75, 3.05) is 70.5 Å². The van der Waals surface area contributed by atoms with Gasteiger partial charge in [-0.15, -0.1) is 0 Å². The fourth-order valence-corrected chi connectivity index (χ4v) is 0.716. The maximum absolute atomic E-state index is 10.4. The summed E-state index contributed by atoms with van der Waals surface area (Å²) in [5.41, 5.74) is 2.19. The lowest BCUT2D eigenvalue weighted by Crippen LogP contribution is -2.23. The highest BCUT2D eigenvalue weighted by atomic mass is 16.2. The molecule has 0 aliphatic carbocycles. The Labute approximate surface area is 170 Å². The molecule has 0 unspecified atom stereocenters. The van der Waals surface area contributed by atoms with Gasteiger partial charge in [-0.1, -0.05) is 26.7 Å². The van der Waals surface area contributed by atoms with E-state index in [1.54, 1.807) is 19.0 Å². The first-order valence-corrected chi connectivity index (χ1v) is 8.92. The van der Waals surface area contributed by atoms with Crippen LogP contribution in [0.15, 0.2) is 37.0 Å². The Kier molecular flexibility index (Phi) is 22.5. The Morgan fingerprint density at radius 2 is 0.815 bits per heavy atom. The SMILES string of the molecule is C=C(C)N(C)C.C=C(C)N(C)C.C=C(N(C)C)N(C)C.CCC(=O)N(C)C.